The highest BCUT2D eigenvalue weighted by Gasteiger charge is 2.21. The Morgan fingerprint density at radius 2 is 2.05 bits per heavy atom. The average Bonchev–Trinajstić information content (AvgIpc) is 2.95. The summed E-state index contributed by atoms with van der Waals surface area (Å²) in [5, 5.41) is 3.46. The molecule has 2 heterocycles. The second-order valence-corrected chi connectivity index (χ2v) is 7.59. The normalized spacial score (nSPS) is 20.6. The minimum Gasteiger partial charge on any atom is -0.463 e. The fourth-order valence-corrected chi connectivity index (χ4v) is 2.90. The van der Waals surface area contributed by atoms with Gasteiger partial charge in [-0.3, -0.25) is 4.90 Å². The summed E-state index contributed by atoms with van der Waals surface area (Å²) in [6.45, 7) is 11.8. The van der Waals surface area contributed by atoms with Gasteiger partial charge in [0.1, 0.15) is 11.5 Å². The Hall–Kier alpha value is -0.840. The molecule has 21 heavy (non-hydrogen) atoms. The average molecular weight is 293 g/mol. The second-order valence-electron chi connectivity index (χ2n) is 7.59. The fraction of sp³-hybridized carbons (Fsp3) is 0.765. The van der Waals surface area contributed by atoms with Crippen LogP contribution in [0.15, 0.2) is 16.5 Å². The van der Waals surface area contributed by atoms with E-state index < -0.39 is 0 Å². The van der Waals surface area contributed by atoms with Gasteiger partial charge in [-0.05, 0) is 65.9 Å². The Kier molecular flexibility index (Phi) is 5.47. The molecule has 0 saturated carbocycles. The Morgan fingerprint density at radius 1 is 1.33 bits per heavy atom. The molecular weight excluding hydrogens is 262 g/mol. The Bertz CT molecular complexity index is 435. The molecule has 0 bridgehead atoms. The zero-order chi connectivity index (χ0) is 15.5. The molecule has 1 fully saturated rings. The second kappa shape index (κ2) is 6.95. The molecular formula is C17H31N3O. The molecule has 1 aliphatic rings. The summed E-state index contributed by atoms with van der Waals surface area (Å²) >= 11 is 0. The number of hydrogen-bond acceptors (Lipinski definition) is 4. The molecule has 1 aromatic rings. The van der Waals surface area contributed by atoms with E-state index in [1.807, 2.05) is 0 Å². The molecule has 1 atom stereocenters. The number of nitrogens with one attached hydrogen (secondary N) is 1. The standard InChI is InChI=1S/C17H31N3O/c1-17(2,3)18-10-15-6-7-16(21-15)13-20(5)12-14-8-9-19(4)11-14/h6-7,14,18H,8-13H2,1-5H3. The highest BCUT2D eigenvalue weighted by molar-refractivity contribution is 5.07. The summed E-state index contributed by atoms with van der Waals surface area (Å²) in [7, 11) is 4.40. The van der Waals surface area contributed by atoms with Crippen molar-refractivity contribution in [3.8, 4) is 0 Å². The van der Waals surface area contributed by atoms with Crippen LogP contribution in [0, 0.1) is 5.92 Å². The predicted octanol–water partition coefficient (Wildman–Crippen LogP) is 2.55. The van der Waals surface area contributed by atoms with Gasteiger partial charge in [0.2, 0.25) is 0 Å². The molecule has 4 heteroatoms. The minimum atomic E-state index is 0.123. The molecule has 0 aromatic carbocycles. The van der Waals surface area contributed by atoms with E-state index in [2.05, 4.69) is 62.1 Å². The van der Waals surface area contributed by atoms with E-state index in [0.717, 1.165) is 37.1 Å². The van der Waals surface area contributed by atoms with Gasteiger partial charge in [0.15, 0.2) is 0 Å². The molecule has 0 radical (unpaired) electrons. The van der Waals surface area contributed by atoms with E-state index in [-0.39, 0.29) is 5.54 Å². The fourth-order valence-electron chi connectivity index (χ4n) is 2.90. The van der Waals surface area contributed by atoms with Gasteiger partial charge >= 0.3 is 0 Å². The van der Waals surface area contributed by atoms with Crippen LogP contribution in [0.1, 0.15) is 38.7 Å². The van der Waals surface area contributed by atoms with Crippen LogP contribution >= 0.6 is 0 Å². The number of furan rings is 1. The number of likely N-dealkylation sites (tertiary alicyclic amines) is 1. The van der Waals surface area contributed by atoms with Crippen LogP contribution in [0.2, 0.25) is 0 Å². The first-order valence-electron chi connectivity index (χ1n) is 8.01. The third-order valence-electron chi connectivity index (χ3n) is 3.99. The quantitative estimate of drug-likeness (QED) is 0.873. The van der Waals surface area contributed by atoms with Crippen molar-refractivity contribution in [1.82, 2.24) is 15.1 Å². The first-order valence-corrected chi connectivity index (χ1v) is 8.01. The van der Waals surface area contributed by atoms with Crippen LogP contribution in [0.25, 0.3) is 0 Å². The van der Waals surface area contributed by atoms with Crippen LogP contribution in [0.5, 0.6) is 0 Å². The Morgan fingerprint density at radius 3 is 2.67 bits per heavy atom. The largest absolute Gasteiger partial charge is 0.463 e. The van der Waals surface area contributed by atoms with Crippen molar-refractivity contribution in [3.63, 3.8) is 0 Å². The van der Waals surface area contributed by atoms with Gasteiger partial charge in [0, 0.05) is 18.6 Å². The predicted molar refractivity (Wildman–Crippen MR) is 87.2 cm³/mol. The first kappa shape index (κ1) is 16.5. The maximum absolute atomic E-state index is 5.92. The minimum absolute atomic E-state index is 0.123. The lowest BCUT2D eigenvalue weighted by Crippen LogP contribution is -2.34. The molecule has 1 N–H and O–H groups in total. The maximum Gasteiger partial charge on any atom is 0.118 e. The summed E-state index contributed by atoms with van der Waals surface area (Å²) in [4.78, 5) is 4.80. The van der Waals surface area contributed by atoms with Crippen LogP contribution in [0.3, 0.4) is 0 Å². The molecule has 1 saturated heterocycles. The first-order chi connectivity index (χ1) is 9.82. The zero-order valence-corrected chi connectivity index (χ0v) is 14.3. The molecule has 1 aliphatic heterocycles. The van der Waals surface area contributed by atoms with Gasteiger partial charge in [0.25, 0.3) is 0 Å². The third kappa shape index (κ3) is 5.81. The van der Waals surface area contributed by atoms with Crippen molar-refractivity contribution in [1.29, 1.82) is 0 Å². The number of hydrogen-bond donors (Lipinski definition) is 1. The lowest BCUT2D eigenvalue weighted by Gasteiger charge is -2.20. The van der Waals surface area contributed by atoms with Crippen molar-refractivity contribution >= 4 is 0 Å². The van der Waals surface area contributed by atoms with E-state index in [4.69, 9.17) is 4.42 Å². The monoisotopic (exact) mass is 293 g/mol. The molecule has 4 nitrogen and oxygen atoms in total. The van der Waals surface area contributed by atoms with Gasteiger partial charge < -0.3 is 14.6 Å². The summed E-state index contributed by atoms with van der Waals surface area (Å²) in [6, 6.07) is 4.20. The summed E-state index contributed by atoms with van der Waals surface area (Å²) in [5.74, 6) is 2.89. The molecule has 0 spiro atoms. The van der Waals surface area contributed by atoms with E-state index in [1.165, 1.54) is 19.5 Å². The highest BCUT2D eigenvalue weighted by atomic mass is 16.3. The lowest BCUT2D eigenvalue weighted by atomic mass is 10.1. The topological polar surface area (TPSA) is 31.6 Å². The molecule has 1 unspecified atom stereocenters. The van der Waals surface area contributed by atoms with Crippen molar-refractivity contribution in [2.45, 2.75) is 45.8 Å². The van der Waals surface area contributed by atoms with E-state index in [9.17, 15) is 0 Å². The molecule has 0 amide bonds. The van der Waals surface area contributed by atoms with Crippen LogP contribution in [-0.2, 0) is 13.1 Å². The molecule has 120 valence electrons. The van der Waals surface area contributed by atoms with Gasteiger partial charge in [0.05, 0.1) is 13.1 Å². The van der Waals surface area contributed by atoms with Crippen LogP contribution in [0.4, 0.5) is 0 Å². The molecule has 2 rings (SSSR count). The highest BCUT2D eigenvalue weighted by Crippen LogP contribution is 2.17. The summed E-state index contributed by atoms with van der Waals surface area (Å²) < 4.78 is 5.92. The van der Waals surface area contributed by atoms with E-state index in [0.29, 0.717) is 0 Å². The van der Waals surface area contributed by atoms with E-state index >= 15 is 0 Å². The van der Waals surface area contributed by atoms with Gasteiger partial charge in [-0.2, -0.15) is 0 Å². The zero-order valence-electron chi connectivity index (χ0n) is 14.3. The lowest BCUT2D eigenvalue weighted by molar-refractivity contribution is 0.245. The van der Waals surface area contributed by atoms with Gasteiger partial charge in [-0.25, -0.2) is 0 Å². The Labute approximate surface area is 129 Å². The molecule has 0 aliphatic carbocycles. The number of rotatable bonds is 6. The third-order valence-corrected chi connectivity index (χ3v) is 3.99. The smallest absolute Gasteiger partial charge is 0.118 e. The number of nitrogens with zero attached hydrogens (tertiary/aromatic N) is 2. The van der Waals surface area contributed by atoms with E-state index in [1.54, 1.807) is 0 Å². The van der Waals surface area contributed by atoms with Crippen molar-refractivity contribution in [3.05, 3.63) is 23.7 Å². The van der Waals surface area contributed by atoms with Crippen molar-refractivity contribution in [2.75, 3.05) is 33.7 Å². The molecule has 1 aromatic heterocycles. The van der Waals surface area contributed by atoms with Gasteiger partial charge in [-0.1, -0.05) is 0 Å². The maximum atomic E-state index is 5.92. The SMILES string of the molecule is CN1CCC(CN(C)Cc2ccc(CNC(C)(C)C)o2)C1. The summed E-state index contributed by atoms with van der Waals surface area (Å²) in [6.07, 6.45) is 1.32. The Balaban J connectivity index is 1.76. The van der Waals surface area contributed by atoms with Crippen LogP contribution in [-0.4, -0.2) is 49.1 Å². The van der Waals surface area contributed by atoms with Crippen molar-refractivity contribution < 1.29 is 4.42 Å². The van der Waals surface area contributed by atoms with Gasteiger partial charge in [-0.15, -0.1) is 0 Å². The van der Waals surface area contributed by atoms with Crippen molar-refractivity contribution in [2.24, 2.45) is 5.92 Å². The van der Waals surface area contributed by atoms with Crippen LogP contribution < -0.4 is 5.32 Å². The summed E-state index contributed by atoms with van der Waals surface area (Å²) in [5.41, 5.74) is 0.123.